The lowest BCUT2D eigenvalue weighted by molar-refractivity contribution is 0.0651. The molecule has 1 aliphatic heterocycles. The summed E-state index contributed by atoms with van der Waals surface area (Å²) < 4.78 is 0. The van der Waals surface area contributed by atoms with Crippen molar-refractivity contribution in [3.8, 4) is 0 Å². The number of nitrogens with zero attached hydrogens (tertiary/aromatic N) is 2. The molecule has 0 radical (unpaired) electrons. The molecule has 3 rings (SSSR count). The molecule has 132 valence electrons. The average molecular weight is 339 g/mol. The molecular weight excluding hydrogens is 314 g/mol. The number of hydrogen-bond donors (Lipinski definition) is 2. The number of benzene rings is 1. The summed E-state index contributed by atoms with van der Waals surface area (Å²) in [5.74, 6) is 0.396. The van der Waals surface area contributed by atoms with E-state index in [-0.39, 0.29) is 12.5 Å². The maximum absolute atomic E-state index is 12.7. The smallest absolute Gasteiger partial charge is 0.253 e. The van der Waals surface area contributed by atoms with Gasteiger partial charge in [-0.2, -0.15) is 0 Å². The summed E-state index contributed by atoms with van der Waals surface area (Å²) in [4.78, 5) is 18.9. The number of aliphatic hydroxyl groups excluding tert-OH is 1. The van der Waals surface area contributed by atoms with E-state index in [9.17, 15) is 9.90 Å². The first-order valence-electron chi connectivity index (χ1n) is 8.81. The van der Waals surface area contributed by atoms with Crippen molar-refractivity contribution in [3.63, 3.8) is 0 Å². The highest BCUT2D eigenvalue weighted by Gasteiger charge is 2.23. The lowest BCUT2D eigenvalue weighted by Gasteiger charge is -2.31. The average Bonchev–Trinajstić information content (AvgIpc) is 2.67. The topological polar surface area (TPSA) is 65.5 Å². The Labute approximate surface area is 148 Å². The first kappa shape index (κ1) is 17.4. The zero-order valence-electron chi connectivity index (χ0n) is 14.6. The number of nitrogens with one attached hydrogen (secondary N) is 1. The van der Waals surface area contributed by atoms with E-state index in [0.29, 0.717) is 18.0 Å². The standard InChI is InChI=1S/C20H25N3O2/c1-15-5-6-19(21-12-15)13-22-18-4-2-3-17(11-18)20(25)23-9-7-16(14-24)8-10-23/h2-6,11-12,16,22,24H,7-10,13-14H2,1H3. The third kappa shape index (κ3) is 4.57. The number of aliphatic hydroxyl groups is 1. The van der Waals surface area contributed by atoms with Crippen LogP contribution in [-0.4, -0.2) is 40.6 Å². The van der Waals surface area contributed by atoms with E-state index in [1.807, 2.05) is 54.4 Å². The van der Waals surface area contributed by atoms with Gasteiger partial charge in [-0.15, -0.1) is 0 Å². The second-order valence-corrected chi connectivity index (χ2v) is 6.68. The van der Waals surface area contributed by atoms with E-state index < -0.39 is 0 Å². The summed E-state index contributed by atoms with van der Waals surface area (Å²) in [6, 6.07) is 11.7. The van der Waals surface area contributed by atoms with E-state index in [1.54, 1.807) is 0 Å². The third-order valence-corrected chi connectivity index (χ3v) is 4.72. The number of carbonyl (C=O) groups excluding carboxylic acids is 1. The molecule has 1 aliphatic rings. The Morgan fingerprint density at radius 2 is 2.08 bits per heavy atom. The van der Waals surface area contributed by atoms with Crippen molar-refractivity contribution >= 4 is 11.6 Å². The van der Waals surface area contributed by atoms with E-state index in [1.165, 1.54) is 0 Å². The summed E-state index contributed by atoms with van der Waals surface area (Å²) >= 11 is 0. The summed E-state index contributed by atoms with van der Waals surface area (Å²) in [6.45, 7) is 4.29. The molecule has 0 bridgehead atoms. The summed E-state index contributed by atoms with van der Waals surface area (Å²) in [5, 5.41) is 12.5. The van der Waals surface area contributed by atoms with Gasteiger partial charge in [-0.05, 0) is 55.5 Å². The predicted octanol–water partition coefficient (Wildman–Crippen LogP) is 2.85. The van der Waals surface area contributed by atoms with Crippen LogP contribution in [0, 0.1) is 12.8 Å². The van der Waals surface area contributed by atoms with Gasteiger partial charge in [0.05, 0.1) is 12.2 Å². The molecule has 0 aliphatic carbocycles. The van der Waals surface area contributed by atoms with Crippen molar-refractivity contribution in [3.05, 3.63) is 59.4 Å². The van der Waals surface area contributed by atoms with Crippen molar-refractivity contribution in [2.45, 2.75) is 26.3 Å². The SMILES string of the molecule is Cc1ccc(CNc2cccc(C(=O)N3CCC(CO)CC3)c2)nc1. The van der Waals surface area contributed by atoms with E-state index in [4.69, 9.17) is 0 Å². The molecule has 0 unspecified atom stereocenters. The lowest BCUT2D eigenvalue weighted by atomic mass is 9.97. The van der Waals surface area contributed by atoms with Gasteiger partial charge < -0.3 is 15.3 Å². The number of likely N-dealkylation sites (tertiary alicyclic amines) is 1. The van der Waals surface area contributed by atoms with Gasteiger partial charge in [-0.25, -0.2) is 0 Å². The van der Waals surface area contributed by atoms with E-state index >= 15 is 0 Å². The number of anilines is 1. The fourth-order valence-corrected chi connectivity index (χ4v) is 3.06. The van der Waals surface area contributed by atoms with Crippen LogP contribution in [0.2, 0.25) is 0 Å². The van der Waals surface area contributed by atoms with E-state index in [2.05, 4.69) is 10.3 Å². The molecule has 1 aromatic heterocycles. The zero-order valence-corrected chi connectivity index (χ0v) is 14.6. The molecular formula is C20H25N3O2. The fraction of sp³-hybridized carbons (Fsp3) is 0.400. The molecule has 2 aromatic rings. The molecule has 0 spiro atoms. The van der Waals surface area contributed by atoms with Crippen LogP contribution in [-0.2, 0) is 6.54 Å². The van der Waals surface area contributed by atoms with Gasteiger partial charge in [0.2, 0.25) is 0 Å². The van der Waals surface area contributed by atoms with Crippen molar-refractivity contribution < 1.29 is 9.90 Å². The van der Waals surface area contributed by atoms with Crippen LogP contribution in [0.3, 0.4) is 0 Å². The van der Waals surface area contributed by atoms with Gasteiger partial charge in [0.1, 0.15) is 0 Å². The molecule has 1 aromatic carbocycles. The Bertz CT molecular complexity index is 707. The molecule has 2 heterocycles. The Hall–Kier alpha value is -2.40. The minimum atomic E-state index is 0.0634. The number of piperidine rings is 1. The Morgan fingerprint density at radius 3 is 2.76 bits per heavy atom. The molecule has 1 amide bonds. The monoisotopic (exact) mass is 339 g/mol. The number of amides is 1. The third-order valence-electron chi connectivity index (χ3n) is 4.72. The van der Waals surface area contributed by atoms with Crippen molar-refractivity contribution in [2.24, 2.45) is 5.92 Å². The van der Waals surface area contributed by atoms with Gasteiger partial charge in [0.25, 0.3) is 5.91 Å². The molecule has 1 saturated heterocycles. The van der Waals surface area contributed by atoms with Crippen LogP contribution in [0.5, 0.6) is 0 Å². The minimum Gasteiger partial charge on any atom is -0.396 e. The van der Waals surface area contributed by atoms with Crippen LogP contribution in [0.25, 0.3) is 0 Å². The molecule has 0 saturated carbocycles. The number of hydrogen-bond acceptors (Lipinski definition) is 4. The normalized spacial score (nSPS) is 15.2. The van der Waals surface area contributed by atoms with Crippen molar-refractivity contribution in [1.82, 2.24) is 9.88 Å². The molecule has 2 N–H and O–H groups in total. The molecule has 5 nitrogen and oxygen atoms in total. The number of aromatic nitrogens is 1. The number of carbonyl (C=O) groups is 1. The summed E-state index contributed by atoms with van der Waals surface area (Å²) in [5.41, 5.74) is 3.72. The minimum absolute atomic E-state index is 0.0634. The Kier molecular flexibility index (Phi) is 5.66. The summed E-state index contributed by atoms with van der Waals surface area (Å²) in [6.07, 6.45) is 3.60. The van der Waals surface area contributed by atoms with Crippen molar-refractivity contribution in [1.29, 1.82) is 0 Å². The fourth-order valence-electron chi connectivity index (χ4n) is 3.06. The highest BCUT2D eigenvalue weighted by molar-refractivity contribution is 5.95. The van der Waals surface area contributed by atoms with Crippen molar-refractivity contribution in [2.75, 3.05) is 25.0 Å². The number of aryl methyl sites for hydroxylation is 1. The van der Waals surface area contributed by atoms with Gasteiger partial charge in [0, 0.05) is 37.1 Å². The first-order chi connectivity index (χ1) is 12.2. The maximum Gasteiger partial charge on any atom is 0.253 e. The van der Waals surface area contributed by atoms with Gasteiger partial charge in [-0.3, -0.25) is 9.78 Å². The number of rotatable bonds is 5. The Balaban J connectivity index is 1.61. The molecule has 0 atom stereocenters. The zero-order chi connectivity index (χ0) is 17.6. The molecule has 1 fully saturated rings. The first-order valence-corrected chi connectivity index (χ1v) is 8.81. The van der Waals surface area contributed by atoms with Crippen LogP contribution in [0.1, 0.15) is 34.5 Å². The highest BCUT2D eigenvalue weighted by atomic mass is 16.3. The van der Waals surface area contributed by atoms with Crippen LogP contribution >= 0.6 is 0 Å². The van der Waals surface area contributed by atoms with Gasteiger partial charge in [0.15, 0.2) is 0 Å². The second-order valence-electron chi connectivity index (χ2n) is 6.68. The van der Waals surface area contributed by atoms with Gasteiger partial charge in [-0.1, -0.05) is 12.1 Å². The largest absolute Gasteiger partial charge is 0.396 e. The van der Waals surface area contributed by atoms with Crippen LogP contribution < -0.4 is 5.32 Å². The molecule has 5 heteroatoms. The van der Waals surface area contributed by atoms with E-state index in [0.717, 1.165) is 42.9 Å². The molecule has 25 heavy (non-hydrogen) atoms. The Morgan fingerprint density at radius 1 is 1.28 bits per heavy atom. The lowest BCUT2D eigenvalue weighted by Crippen LogP contribution is -2.39. The quantitative estimate of drug-likeness (QED) is 0.879. The van der Waals surface area contributed by atoms with Crippen LogP contribution in [0.15, 0.2) is 42.6 Å². The summed E-state index contributed by atoms with van der Waals surface area (Å²) in [7, 11) is 0. The highest BCUT2D eigenvalue weighted by Crippen LogP contribution is 2.20. The maximum atomic E-state index is 12.7. The predicted molar refractivity (Wildman–Crippen MR) is 98.5 cm³/mol. The number of pyridine rings is 1. The van der Waals surface area contributed by atoms with Crippen LogP contribution in [0.4, 0.5) is 5.69 Å². The van der Waals surface area contributed by atoms with Gasteiger partial charge >= 0.3 is 0 Å². The second kappa shape index (κ2) is 8.12.